The van der Waals surface area contributed by atoms with E-state index in [4.69, 9.17) is 19.5 Å². The number of aliphatic hydroxyl groups excluding tert-OH is 1. The van der Waals surface area contributed by atoms with Crippen molar-refractivity contribution in [3.63, 3.8) is 0 Å². The van der Waals surface area contributed by atoms with E-state index in [2.05, 4.69) is 32.0 Å². The standard InChI is InChI=1S/C27H26FN6O7P/c28-27-31-24(29)23-25(32-27)34(16-30-23)12-11-19-14-21(35)22(40-19)15-39-42(38,41-18-9-5-2-6-10-18)33-20(26(36)37)13-17-7-3-1-4-8-17/h1-10,16,19-22,35H,13-15H2,(H,33,38)(H,36,37)(H2,29,31,32)/t19-,20?,21-,22+,42-/m0/s1. The monoisotopic (exact) mass is 596 g/mol. The number of aromatic nitrogens is 4. The Morgan fingerprint density at radius 1 is 1.21 bits per heavy atom. The second kappa shape index (κ2) is 12.6. The van der Waals surface area contributed by atoms with Crippen LogP contribution in [0.2, 0.25) is 0 Å². The quantitative estimate of drug-likeness (QED) is 0.119. The average molecular weight is 597 g/mol. The first-order chi connectivity index (χ1) is 20.2. The number of imidazole rings is 1. The summed E-state index contributed by atoms with van der Waals surface area (Å²) in [5.74, 6) is 1.60. The summed E-state index contributed by atoms with van der Waals surface area (Å²) in [5, 5.41) is 23.0. The normalized spacial score (nSPS) is 20.4. The summed E-state index contributed by atoms with van der Waals surface area (Å²) in [6, 6.07) is 18.4. The second-order valence-electron chi connectivity index (χ2n) is 9.29. The number of aliphatic carboxylic acids is 1. The molecule has 0 bridgehead atoms. The molecule has 218 valence electrons. The SMILES string of the molecule is Nc1nc(F)nc2c1ncn2C#C[C@H]1C[C@H](O)[C@@H](CO[P@@](=O)(NC(Cc2ccccc2)C(=O)O)Oc2ccccc2)O1. The number of hydrogen-bond donors (Lipinski definition) is 4. The number of nitrogens with zero attached hydrogens (tertiary/aromatic N) is 4. The molecule has 2 aromatic heterocycles. The number of para-hydroxylation sites is 1. The number of ether oxygens (including phenoxy) is 1. The van der Waals surface area contributed by atoms with E-state index in [1.807, 2.05) is 0 Å². The number of nitrogens with two attached hydrogens (primary N) is 1. The van der Waals surface area contributed by atoms with E-state index in [1.54, 1.807) is 60.7 Å². The van der Waals surface area contributed by atoms with E-state index in [-0.39, 0.29) is 35.6 Å². The third-order valence-corrected chi connectivity index (χ3v) is 7.81. The maximum Gasteiger partial charge on any atom is 0.459 e. The Morgan fingerprint density at radius 3 is 2.64 bits per heavy atom. The summed E-state index contributed by atoms with van der Waals surface area (Å²) in [4.78, 5) is 23.2. The molecule has 1 fully saturated rings. The van der Waals surface area contributed by atoms with Crippen LogP contribution in [0.25, 0.3) is 11.2 Å². The Labute approximate surface area is 239 Å². The number of carboxylic acids is 1. The van der Waals surface area contributed by atoms with E-state index < -0.39 is 50.8 Å². The minimum Gasteiger partial charge on any atom is -0.480 e. The van der Waals surface area contributed by atoms with Crippen molar-refractivity contribution >= 4 is 30.7 Å². The topological polar surface area (TPSA) is 184 Å². The van der Waals surface area contributed by atoms with E-state index in [1.165, 1.54) is 10.9 Å². The molecule has 15 heteroatoms. The molecule has 42 heavy (non-hydrogen) atoms. The molecule has 0 aliphatic carbocycles. The predicted molar refractivity (Wildman–Crippen MR) is 147 cm³/mol. The number of aliphatic hydroxyl groups is 1. The summed E-state index contributed by atoms with van der Waals surface area (Å²) in [7, 11) is -4.31. The highest BCUT2D eigenvalue weighted by molar-refractivity contribution is 7.52. The van der Waals surface area contributed by atoms with Gasteiger partial charge in [-0.2, -0.15) is 19.4 Å². The van der Waals surface area contributed by atoms with Crippen molar-refractivity contribution in [1.29, 1.82) is 0 Å². The Morgan fingerprint density at radius 2 is 1.93 bits per heavy atom. The molecule has 13 nitrogen and oxygen atoms in total. The number of halogens is 1. The maximum absolute atomic E-state index is 13.8. The first-order valence-electron chi connectivity index (χ1n) is 12.7. The second-order valence-corrected chi connectivity index (χ2v) is 11.0. The van der Waals surface area contributed by atoms with Crippen LogP contribution in [0.5, 0.6) is 5.75 Å². The lowest BCUT2D eigenvalue weighted by Gasteiger charge is -2.25. The largest absolute Gasteiger partial charge is 0.480 e. The van der Waals surface area contributed by atoms with Gasteiger partial charge >= 0.3 is 19.8 Å². The number of carbonyl (C=O) groups is 1. The molecule has 1 aliphatic heterocycles. The van der Waals surface area contributed by atoms with Crippen molar-refractivity contribution in [2.75, 3.05) is 12.3 Å². The van der Waals surface area contributed by atoms with Gasteiger partial charge in [0, 0.05) is 12.5 Å². The van der Waals surface area contributed by atoms with E-state index in [0.29, 0.717) is 5.56 Å². The van der Waals surface area contributed by atoms with Crippen molar-refractivity contribution in [2.24, 2.45) is 0 Å². The zero-order valence-electron chi connectivity index (χ0n) is 21.9. The Balaban J connectivity index is 1.29. The van der Waals surface area contributed by atoms with E-state index in [9.17, 15) is 24.0 Å². The highest BCUT2D eigenvalue weighted by Gasteiger charge is 2.39. The minimum absolute atomic E-state index is 0.00525. The van der Waals surface area contributed by atoms with Crippen molar-refractivity contribution in [1.82, 2.24) is 24.6 Å². The van der Waals surface area contributed by atoms with Gasteiger partial charge in [0.05, 0.1) is 12.7 Å². The lowest BCUT2D eigenvalue weighted by atomic mass is 10.1. The van der Waals surface area contributed by atoms with Gasteiger partial charge in [0.25, 0.3) is 0 Å². The Bertz CT molecular complexity index is 1660. The predicted octanol–water partition coefficient (Wildman–Crippen LogP) is 2.36. The van der Waals surface area contributed by atoms with Gasteiger partial charge in [0.2, 0.25) is 0 Å². The van der Waals surface area contributed by atoms with Crippen LogP contribution in [0.1, 0.15) is 12.0 Å². The van der Waals surface area contributed by atoms with Gasteiger partial charge in [-0.3, -0.25) is 9.32 Å². The average Bonchev–Trinajstić information content (AvgIpc) is 3.54. The van der Waals surface area contributed by atoms with Gasteiger partial charge in [-0.15, -0.1) is 0 Å². The number of nitrogens with one attached hydrogen (secondary N) is 1. The molecule has 2 aromatic carbocycles. The zero-order valence-corrected chi connectivity index (χ0v) is 22.8. The number of rotatable bonds is 10. The molecule has 5 atom stereocenters. The fraction of sp³-hybridized carbons (Fsp3) is 0.259. The Kier molecular flexibility index (Phi) is 8.77. The molecule has 1 unspecified atom stereocenters. The molecule has 0 saturated carbocycles. The minimum atomic E-state index is -4.31. The summed E-state index contributed by atoms with van der Waals surface area (Å²) in [5.41, 5.74) is 6.61. The van der Waals surface area contributed by atoms with Crippen molar-refractivity contribution < 1.29 is 37.7 Å². The van der Waals surface area contributed by atoms with Gasteiger partial charge in [-0.25, -0.2) is 14.1 Å². The number of hydrogen-bond acceptors (Lipinski definition) is 10. The van der Waals surface area contributed by atoms with Crippen LogP contribution in [-0.2, 0) is 25.0 Å². The lowest BCUT2D eigenvalue weighted by Crippen LogP contribution is -2.39. The molecule has 1 aliphatic rings. The summed E-state index contributed by atoms with van der Waals surface area (Å²) < 4.78 is 45.8. The first kappa shape index (κ1) is 29.1. The molecule has 0 spiro atoms. The zero-order chi connectivity index (χ0) is 29.7. The molecule has 5 N–H and O–H groups in total. The number of benzene rings is 2. The molecule has 0 radical (unpaired) electrons. The lowest BCUT2D eigenvalue weighted by molar-refractivity contribution is -0.139. The van der Waals surface area contributed by atoms with Gasteiger partial charge in [-0.1, -0.05) is 48.5 Å². The van der Waals surface area contributed by atoms with Gasteiger partial charge in [-0.05, 0) is 30.0 Å². The van der Waals surface area contributed by atoms with Crippen molar-refractivity contribution in [3.05, 3.63) is 78.6 Å². The van der Waals surface area contributed by atoms with Gasteiger partial charge in [0.15, 0.2) is 17.0 Å². The molecule has 3 heterocycles. The molecule has 1 saturated heterocycles. The van der Waals surface area contributed by atoms with E-state index in [0.717, 1.165) is 0 Å². The van der Waals surface area contributed by atoms with Crippen LogP contribution in [-0.4, -0.2) is 66.7 Å². The van der Waals surface area contributed by atoms with Crippen LogP contribution in [0.4, 0.5) is 10.2 Å². The smallest absolute Gasteiger partial charge is 0.459 e. The van der Waals surface area contributed by atoms with Gasteiger partial charge in [0.1, 0.15) is 30.3 Å². The first-order valence-corrected chi connectivity index (χ1v) is 14.3. The van der Waals surface area contributed by atoms with Crippen LogP contribution in [0.3, 0.4) is 0 Å². The third-order valence-electron chi connectivity index (χ3n) is 6.24. The highest BCUT2D eigenvalue weighted by atomic mass is 31.2. The fourth-order valence-corrected chi connectivity index (χ4v) is 5.71. The van der Waals surface area contributed by atoms with Crippen molar-refractivity contribution in [3.8, 4) is 17.7 Å². The van der Waals surface area contributed by atoms with Crippen LogP contribution in [0, 0.1) is 18.0 Å². The molecular formula is C27H26FN6O7P. The number of carboxylic acid groups (broad SMARTS) is 1. The summed E-state index contributed by atoms with van der Waals surface area (Å²) in [6.07, 6.45) is -2.44. The maximum atomic E-state index is 13.8. The third kappa shape index (κ3) is 7.09. The summed E-state index contributed by atoms with van der Waals surface area (Å²) >= 11 is 0. The van der Waals surface area contributed by atoms with Crippen LogP contribution < -0.4 is 15.3 Å². The summed E-state index contributed by atoms with van der Waals surface area (Å²) in [6.45, 7) is -0.406. The van der Waals surface area contributed by atoms with Gasteiger partial charge < -0.3 is 25.2 Å². The molecule has 4 aromatic rings. The number of fused-ring (bicyclic) bond motifs is 1. The molecule has 0 amide bonds. The van der Waals surface area contributed by atoms with Crippen LogP contribution >= 0.6 is 7.75 Å². The number of nitrogen functional groups attached to an aromatic ring is 1. The number of anilines is 1. The fourth-order valence-electron chi connectivity index (χ4n) is 4.20. The Hall–Kier alpha value is -4.38. The van der Waals surface area contributed by atoms with E-state index >= 15 is 0 Å². The molecular weight excluding hydrogens is 570 g/mol. The molecule has 5 rings (SSSR count). The van der Waals surface area contributed by atoms with Crippen molar-refractivity contribution in [2.45, 2.75) is 37.2 Å². The van der Waals surface area contributed by atoms with Crippen LogP contribution in [0.15, 0.2) is 67.0 Å². The highest BCUT2D eigenvalue weighted by Crippen LogP contribution is 2.45.